The third-order valence-electron chi connectivity index (χ3n) is 5.31. The van der Waals surface area contributed by atoms with E-state index in [4.69, 9.17) is 4.74 Å². The number of hydrogen-bond acceptors (Lipinski definition) is 4. The number of carbonyl (C=O) groups excluding carboxylic acids is 1. The summed E-state index contributed by atoms with van der Waals surface area (Å²) in [6.07, 6.45) is 3.30. The van der Waals surface area contributed by atoms with Gasteiger partial charge in [-0.05, 0) is 32.3 Å². The highest BCUT2D eigenvalue weighted by atomic mass is 32.2. The lowest BCUT2D eigenvalue weighted by molar-refractivity contribution is -0.135. The number of allylic oxidation sites excluding steroid dienone is 1. The van der Waals surface area contributed by atoms with Gasteiger partial charge in [0.2, 0.25) is 0 Å². The van der Waals surface area contributed by atoms with Crippen molar-refractivity contribution < 1.29 is 17.9 Å². The number of carbonyl (C=O) groups is 1. The zero-order chi connectivity index (χ0) is 14.9. The second-order valence-corrected chi connectivity index (χ2v) is 8.63. The molecular formula is C15H20O4S. The van der Waals surface area contributed by atoms with Crippen LogP contribution in [-0.4, -0.2) is 32.7 Å². The third-order valence-corrected chi connectivity index (χ3v) is 6.54. The van der Waals surface area contributed by atoms with E-state index in [9.17, 15) is 13.2 Å². The van der Waals surface area contributed by atoms with E-state index in [2.05, 4.69) is 6.58 Å². The molecule has 5 heteroatoms. The molecule has 2 bridgehead atoms. The minimum absolute atomic E-state index is 0.0508. The molecule has 1 unspecified atom stereocenters. The van der Waals surface area contributed by atoms with Crippen molar-refractivity contribution in [1.82, 2.24) is 0 Å². The van der Waals surface area contributed by atoms with Crippen LogP contribution in [0.3, 0.4) is 0 Å². The van der Waals surface area contributed by atoms with Gasteiger partial charge in [0, 0.05) is 18.6 Å². The Morgan fingerprint density at radius 1 is 1.50 bits per heavy atom. The van der Waals surface area contributed by atoms with Gasteiger partial charge in [0.05, 0.1) is 22.5 Å². The summed E-state index contributed by atoms with van der Waals surface area (Å²) >= 11 is 0. The lowest BCUT2D eigenvalue weighted by Crippen LogP contribution is -2.49. The van der Waals surface area contributed by atoms with Gasteiger partial charge in [-0.25, -0.2) is 8.42 Å². The zero-order valence-electron chi connectivity index (χ0n) is 12.0. The summed E-state index contributed by atoms with van der Waals surface area (Å²) < 4.78 is 29.5. The first-order valence-electron chi connectivity index (χ1n) is 6.91. The fraction of sp³-hybridized carbons (Fsp3) is 0.667. The van der Waals surface area contributed by atoms with E-state index in [-0.39, 0.29) is 23.7 Å². The SMILES string of the molecule is C=C(C)C1CC(=O)[C@]2(C)[C@H]3C=C(S(C)(=O)=O)[C@H](O3)[C@@H]2C1. The van der Waals surface area contributed by atoms with Gasteiger partial charge >= 0.3 is 0 Å². The highest BCUT2D eigenvalue weighted by molar-refractivity contribution is 7.94. The predicted molar refractivity (Wildman–Crippen MR) is 75.7 cm³/mol. The van der Waals surface area contributed by atoms with Gasteiger partial charge in [0.1, 0.15) is 5.78 Å². The maximum absolute atomic E-state index is 12.6. The Morgan fingerprint density at radius 2 is 2.15 bits per heavy atom. The molecule has 0 N–H and O–H groups in total. The van der Waals surface area contributed by atoms with Crippen LogP contribution in [0.15, 0.2) is 23.1 Å². The molecule has 2 aliphatic heterocycles. The molecule has 20 heavy (non-hydrogen) atoms. The van der Waals surface area contributed by atoms with E-state index in [0.717, 1.165) is 12.0 Å². The van der Waals surface area contributed by atoms with Crippen LogP contribution < -0.4 is 0 Å². The third kappa shape index (κ3) is 1.69. The smallest absolute Gasteiger partial charge is 0.174 e. The number of ether oxygens (including phenoxy) is 1. The quantitative estimate of drug-likeness (QED) is 0.730. The average molecular weight is 296 g/mol. The number of Topliss-reactive ketones (excluding diaryl/α,β-unsaturated/α-hetero) is 1. The van der Waals surface area contributed by atoms with Gasteiger partial charge in [-0.2, -0.15) is 0 Å². The summed E-state index contributed by atoms with van der Waals surface area (Å²) in [5.74, 6) is 0.271. The van der Waals surface area contributed by atoms with E-state index >= 15 is 0 Å². The van der Waals surface area contributed by atoms with Crippen molar-refractivity contribution in [3.05, 3.63) is 23.1 Å². The molecule has 0 aromatic rings. The Morgan fingerprint density at radius 3 is 2.70 bits per heavy atom. The van der Waals surface area contributed by atoms with E-state index in [1.165, 1.54) is 6.26 Å². The van der Waals surface area contributed by atoms with Crippen molar-refractivity contribution >= 4 is 15.6 Å². The summed E-state index contributed by atoms with van der Waals surface area (Å²) in [6.45, 7) is 7.81. The predicted octanol–water partition coefficient (Wildman–Crippen LogP) is 1.87. The molecule has 0 aromatic heterocycles. The standard InChI is InChI=1S/C15H20O4S/c1-8(2)9-5-10-14-11(20(4,17)18)7-13(19-14)15(10,3)12(16)6-9/h7,9-10,13-14H,1,5-6H2,2-4H3/t9?,10-,13+,14+,15+/m0/s1. The van der Waals surface area contributed by atoms with Crippen LogP contribution in [-0.2, 0) is 19.4 Å². The molecule has 3 aliphatic rings. The number of hydrogen-bond donors (Lipinski definition) is 0. The molecule has 1 aliphatic carbocycles. The minimum atomic E-state index is -3.26. The van der Waals surface area contributed by atoms with Gasteiger partial charge in [0.15, 0.2) is 9.84 Å². The lowest BCUT2D eigenvalue weighted by Gasteiger charge is -2.42. The Labute approximate surface area is 119 Å². The van der Waals surface area contributed by atoms with Crippen LogP contribution in [0.25, 0.3) is 0 Å². The summed E-state index contributed by atoms with van der Waals surface area (Å²) in [4.78, 5) is 12.9. The fourth-order valence-corrected chi connectivity index (χ4v) is 4.93. The first kappa shape index (κ1) is 14.0. The van der Waals surface area contributed by atoms with Crippen LogP contribution in [0.5, 0.6) is 0 Å². The number of ketones is 1. The summed E-state index contributed by atoms with van der Waals surface area (Å²) in [5.41, 5.74) is 0.429. The van der Waals surface area contributed by atoms with Crippen LogP contribution in [0.4, 0.5) is 0 Å². The van der Waals surface area contributed by atoms with Gasteiger partial charge in [0.25, 0.3) is 0 Å². The normalized spacial score (nSPS) is 43.4. The maximum atomic E-state index is 12.6. The molecule has 3 rings (SSSR count). The van der Waals surface area contributed by atoms with Crippen LogP contribution in [0.2, 0.25) is 0 Å². The highest BCUT2D eigenvalue weighted by Crippen LogP contribution is 2.58. The first-order valence-corrected chi connectivity index (χ1v) is 8.80. The van der Waals surface area contributed by atoms with Gasteiger partial charge < -0.3 is 4.74 Å². The number of rotatable bonds is 2. The Kier molecular flexibility index (Phi) is 2.83. The summed E-state index contributed by atoms with van der Waals surface area (Å²) in [5, 5.41) is 0. The highest BCUT2D eigenvalue weighted by Gasteiger charge is 2.64. The van der Waals surface area contributed by atoms with Gasteiger partial charge in [-0.3, -0.25) is 4.79 Å². The maximum Gasteiger partial charge on any atom is 0.174 e. The molecule has 2 fully saturated rings. The molecule has 0 radical (unpaired) electrons. The van der Waals surface area contributed by atoms with Crippen LogP contribution in [0, 0.1) is 17.3 Å². The topological polar surface area (TPSA) is 60.4 Å². The number of fused-ring (bicyclic) bond motifs is 5. The van der Waals surface area contributed by atoms with Crippen molar-refractivity contribution in [3.8, 4) is 0 Å². The van der Waals surface area contributed by atoms with Crippen molar-refractivity contribution in [3.63, 3.8) is 0 Å². The molecular weight excluding hydrogens is 276 g/mol. The second-order valence-electron chi connectivity index (χ2n) is 6.61. The van der Waals surface area contributed by atoms with Crippen molar-refractivity contribution in [2.24, 2.45) is 17.3 Å². The van der Waals surface area contributed by atoms with Crippen molar-refractivity contribution in [2.45, 2.75) is 38.9 Å². The lowest BCUT2D eigenvalue weighted by atomic mass is 9.58. The van der Waals surface area contributed by atoms with Crippen LogP contribution >= 0.6 is 0 Å². The molecule has 2 heterocycles. The minimum Gasteiger partial charge on any atom is -0.364 e. The van der Waals surface area contributed by atoms with Crippen molar-refractivity contribution in [2.75, 3.05) is 6.26 Å². The second kappa shape index (κ2) is 4.04. The largest absolute Gasteiger partial charge is 0.364 e. The molecule has 110 valence electrons. The van der Waals surface area contributed by atoms with Crippen molar-refractivity contribution in [1.29, 1.82) is 0 Å². The first-order chi connectivity index (χ1) is 9.15. The van der Waals surface area contributed by atoms with E-state index in [1.807, 2.05) is 13.8 Å². The zero-order valence-corrected chi connectivity index (χ0v) is 12.9. The molecule has 0 spiro atoms. The van der Waals surface area contributed by atoms with E-state index in [0.29, 0.717) is 11.3 Å². The Balaban J connectivity index is 2.03. The summed E-state index contributed by atoms with van der Waals surface area (Å²) in [6, 6.07) is 0. The van der Waals surface area contributed by atoms with E-state index in [1.54, 1.807) is 6.08 Å². The fourth-order valence-electron chi connectivity index (χ4n) is 3.92. The number of sulfone groups is 1. The molecule has 1 saturated carbocycles. The molecule has 0 aromatic carbocycles. The Bertz CT molecular complexity index is 630. The monoisotopic (exact) mass is 296 g/mol. The molecule has 5 atom stereocenters. The molecule has 0 amide bonds. The molecule has 1 saturated heterocycles. The summed E-state index contributed by atoms with van der Waals surface area (Å²) in [7, 11) is -3.26. The van der Waals surface area contributed by atoms with E-state index < -0.39 is 21.4 Å². The van der Waals surface area contributed by atoms with Gasteiger partial charge in [-0.15, -0.1) is 0 Å². The molecule has 4 nitrogen and oxygen atoms in total. The Hall–Kier alpha value is -0.940. The average Bonchev–Trinajstić information content (AvgIpc) is 2.86. The van der Waals surface area contributed by atoms with Gasteiger partial charge in [-0.1, -0.05) is 12.2 Å². The van der Waals surface area contributed by atoms with Crippen LogP contribution in [0.1, 0.15) is 26.7 Å².